The zero-order valence-electron chi connectivity index (χ0n) is 21.8. The molecule has 8 nitrogen and oxygen atoms in total. The van der Waals surface area contributed by atoms with E-state index in [1.165, 1.54) is 12.1 Å². The fourth-order valence-electron chi connectivity index (χ4n) is 4.66. The Labute approximate surface area is 217 Å². The van der Waals surface area contributed by atoms with Crippen LogP contribution in [-0.2, 0) is 13.1 Å². The third-order valence-electron chi connectivity index (χ3n) is 6.66. The molecule has 3 heterocycles. The maximum atomic E-state index is 14.5. The van der Waals surface area contributed by atoms with Gasteiger partial charge in [-0.15, -0.1) is 0 Å². The monoisotopic (exact) mass is 506 g/mol. The fraction of sp³-hybridized carbons (Fsp3) is 0.429. The molecule has 2 aromatic heterocycles. The van der Waals surface area contributed by atoms with Gasteiger partial charge in [-0.2, -0.15) is 5.10 Å². The predicted octanol–water partition coefficient (Wildman–Crippen LogP) is 4.23. The molecule has 9 heteroatoms. The molecule has 0 aliphatic carbocycles. The topological polar surface area (TPSA) is 74.6 Å². The van der Waals surface area contributed by atoms with Crippen LogP contribution >= 0.6 is 0 Å². The molecule has 0 spiro atoms. The van der Waals surface area contributed by atoms with Crippen molar-refractivity contribution in [1.82, 2.24) is 24.6 Å². The second kappa shape index (κ2) is 12.1. The highest BCUT2D eigenvalue weighted by molar-refractivity contribution is 6.05. The van der Waals surface area contributed by atoms with E-state index < -0.39 is 5.82 Å². The largest absolute Gasteiger partial charge is 0.333 e. The van der Waals surface area contributed by atoms with Gasteiger partial charge < -0.3 is 9.80 Å². The number of fused-ring (bicyclic) bond motifs is 1. The summed E-state index contributed by atoms with van der Waals surface area (Å²) in [5.74, 6) is -0.861. The minimum atomic E-state index is -0.435. The van der Waals surface area contributed by atoms with Crippen LogP contribution in [0.1, 0.15) is 60.0 Å². The summed E-state index contributed by atoms with van der Waals surface area (Å²) in [4.78, 5) is 37.1. The Morgan fingerprint density at radius 2 is 1.89 bits per heavy atom. The number of rotatable bonds is 5. The van der Waals surface area contributed by atoms with Crippen LogP contribution in [0.15, 0.2) is 55.0 Å². The first kappa shape index (κ1) is 26.5. The Balaban J connectivity index is 1.73. The van der Waals surface area contributed by atoms with E-state index in [1.54, 1.807) is 57.3 Å². The number of nitrogens with zero attached hydrogens (tertiary/aromatic N) is 6. The Hall–Kier alpha value is -3.59. The highest BCUT2D eigenvalue weighted by Gasteiger charge is 2.27. The van der Waals surface area contributed by atoms with E-state index in [0.29, 0.717) is 48.6 Å². The summed E-state index contributed by atoms with van der Waals surface area (Å²) < 4.78 is 16.3. The molecule has 1 aromatic carbocycles. The Kier molecular flexibility index (Phi) is 8.66. The number of hydrogen-bond donors (Lipinski definition) is 0. The molecule has 0 saturated carbocycles. The van der Waals surface area contributed by atoms with Crippen molar-refractivity contribution in [3.8, 4) is 0 Å². The number of benzene rings is 1. The molecule has 37 heavy (non-hydrogen) atoms. The van der Waals surface area contributed by atoms with Crippen LogP contribution in [0.5, 0.6) is 0 Å². The lowest BCUT2D eigenvalue weighted by Gasteiger charge is -2.30. The van der Waals surface area contributed by atoms with Gasteiger partial charge in [0.25, 0.3) is 11.8 Å². The SMILES string of the molecule is CCCn1cc(C(=O)N2CCN(C(C)C)CCCN(C(=O)c3ccccn3)c3cc(F)ccc3C2)cn1. The Bertz CT molecular complexity index is 1210. The maximum absolute atomic E-state index is 14.5. The number of hydrogen-bond acceptors (Lipinski definition) is 5. The summed E-state index contributed by atoms with van der Waals surface area (Å²) in [6, 6.07) is 9.88. The summed E-state index contributed by atoms with van der Waals surface area (Å²) >= 11 is 0. The average molecular weight is 507 g/mol. The van der Waals surface area contributed by atoms with Crippen LogP contribution in [0.3, 0.4) is 0 Å². The number of aromatic nitrogens is 3. The van der Waals surface area contributed by atoms with Crippen molar-refractivity contribution in [2.24, 2.45) is 0 Å². The minimum Gasteiger partial charge on any atom is -0.333 e. The van der Waals surface area contributed by atoms with Crippen molar-refractivity contribution in [1.29, 1.82) is 0 Å². The van der Waals surface area contributed by atoms with E-state index in [1.807, 2.05) is 0 Å². The molecule has 0 N–H and O–H groups in total. The molecule has 1 aliphatic rings. The van der Waals surface area contributed by atoms with Gasteiger partial charge >= 0.3 is 0 Å². The van der Waals surface area contributed by atoms with Gasteiger partial charge in [0, 0.05) is 57.7 Å². The van der Waals surface area contributed by atoms with Crippen LogP contribution in [0.4, 0.5) is 10.1 Å². The summed E-state index contributed by atoms with van der Waals surface area (Å²) in [5, 5.41) is 4.33. The van der Waals surface area contributed by atoms with E-state index in [4.69, 9.17) is 0 Å². The molecule has 3 aromatic rings. The van der Waals surface area contributed by atoms with Gasteiger partial charge in [-0.25, -0.2) is 4.39 Å². The molecule has 196 valence electrons. The number of halogens is 1. The van der Waals surface area contributed by atoms with Gasteiger partial charge in [0.2, 0.25) is 0 Å². The predicted molar refractivity (Wildman–Crippen MR) is 141 cm³/mol. The highest BCUT2D eigenvalue weighted by Crippen LogP contribution is 2.27. The molecule has 0 atom stereocenters. The van der Waals surface area contributed by atoms with Crippen LogP contribution in [0, 0.1) is 5.82 Å². The number of carbonyl (C=O) groups is 2. The zero-order valence-corrected chi connectivity index (χ0v) is 21.8. The number of aryl methyl sites for hydroxylation is 1. The van der Waals surface area contributed by atoms with Crippen LogP contribution < -0.4 is 4.90 Å². The molecule has 0 unspecified atom stereocenters. The first-order valence-electron chi connectivity index (χ1n) is 12.9. The van der Waals surface area contributed by atoms with E-state index in [2.05, 4.69) is 35.8 Å². The first-order chi connectivity index (χ1) is 17.9. The van der Waals surface area contributed by atoms with Gasteiger partial charge in [-0.3, -0.25) is 24.2 Å². The van der Waals surface area contributed by atoms with Gasteiger partial charge in [0.15, 0.2) is 0 Å². The summed E-state index contributed by atoms with van der Waals surface area (Å²) in [5.41, 5.74) is 1.99. The molecular weight excluding hydrogens is 471 g/mol. The van der Waals surface area contributed by atoms with Gasteiger partial charge in [-0.1, -0.05) is 19.1 Å². The summed E-state index contributed by atoms with van der Waals surface area (Å²) in [7, 11) is 0. The Morgan fingerprint density at radius 1 is 1.05 bits per heavy atom. The molecule has 2 amide bonds. The maximum Gasteiger partial charge on any atom is 0.276 e. The fourth-order valence-corrected chi connectivity index (χ4v) is 4.66. The number of anilines is 1. The van der Waals surface area contributed by atoms with E-state index in [-0.39, 0.29) is 24.4 Å². The van der Waals surface area contributed by atoms with E-state index in [0.717, 1.165) is 19.5 Å². The van der Waals surface area contributed by atoms with Crippen molar-refractivity contribution in [2.75, 3.05) is 31.1 Å². The zero-order chi connectivity index (χ0) is 26.4. The first-order valence-corrected chi connectivity index (χ1v) is 12.9. The van der Waals surface area contributed by atoms with E-state index in [9.17, 15) is 14.0 Å². The second-order valence-corrected chi connectivity index (χ2v) is 9.65. The highest BCUT2D eigenvalue weighted by atomic mass is 19.1. The van der Waals surface area contributed by atoms with Crippen LogP contribution in [-0.4, -0.2) is 68.6 Å². The lowest BCUT2D eigenvalue weighted by molar-refractivity contribution is 0.0711. The quantitative estimate of drug-likeness (QED) is 0.518. The average Bonchev–Trinajstić information content (AvgIpc) is 3.35. The summed E-state index contributed by atoms with van der Waals surface area (Å²) in [6.07, 6.45) is 6.57. The lowest BCUT2D eigenvalue weighted by Crippen LogP contribution is -2.41. The number of amides is 2. The van der Waals surface area contributed by atoms with Gasteiger partial charge in [0.1, 0.15) is 11.5 Å². The van der Waals surface area contributed by atoms with Crippen molar-refractivity contribution >= 4 is 17.5 Å². The lowest BCUT2D eigenvalue weighted by atomic mass is 10.1. The van der Waals surface area contributed by atoms with Gasteiger partial charge in [0.05, 0.1) is 17.4 Å². The molecule has 1 aliphatic heterocycles. The van der Waals surface area contributed by atoms with Crippen molar-refractivity contribution in [3.05, 3.63) is 77.6 Å². The smallest absolute Gasteiger partial charge is 0.276 e. The molecule has 4 rings (SSSR count). The number of pyridine rings is 1. The number of carbonyl (C=O) groups excluding carboxylic acids is 2. The molecule has 0 fully saturated rings. The van der Waals surface area contributed by atoms with E-state index >= 15 is 0 Å². The van der Waals surface area contributed by atoms with Crippen molar-refractivity contribution in [2.45, 2.75) is 52.7 Å². The Morgan fingerprint density at radius 3 is 2.62 bits per heavy atom. The van der Waals surface area contributed by atoms with Crippen molar-refractivity contribution < 1.29 is 14.0 Å². The van der Waals surface area contributed by atoms with Crippen molar-refractivity contribution in [3.63, 3.8) is 0 Å². The molecule has 0 radical (unpaired) electrons. The van der Waals surface area contributed by atoms with Crippen LogP contribution in [0.25, 0.3) is 0 Å². The summed E-state index contributed by atoms with van der Waals surface area (Å²) in [6.45, 7) is 9.64. The molecule has 0 saturated heterocycles. The molecule has 0 bridgehead atoms. The standard InChI is InChI=1S/C28H35FN6O2/c1-4-12-34-20-23(18-31-34)27(36)33-16-15-32(21(2)3)13-7-14-35(28(37)25-8-5-6-11-30-25)26-17-24(29)10-9-22(26)19-33/h5-6,8-11,17-18,20-21H,4,7,12-16,19H2,1-3H3. The third kappa shape index (κ3) is 6.40. The molecular formula is C28H35FN6O2. The van der Waals surface area contributed by atoms with Gasteiger partial charge in [-0.05, 0) is 56.5 Å². The minimum absolute atomic E-state index is 0.136. The second-order valence-electron chi connectivity index (χ2n) is 9.65. The third-order valence-corrected chi connectivity index (χ3v) is 6.66. The van der Waals surface area contributed by atoms with Crippen LogP contribution in [0.2, 0.25) is 0 Å². The normalized spacial score (nSPS) is 15.4.